The molecule has 3 nitrogen and oxygen atoms in total. The summed E-state index contributed by atoms with van der Waals surface area (Å²) < 4.78 is 0. The van der Waals surface area contributed by atoms with Crippen LogP contribution >= 0.6 is 11.6 Å². The lowest BCUT2D eigenvalue weighted by atomic mass is 9.71. The van der Waals surface area contributed by atoms with Crippen LogP contribution in [0.4, 0.5) is 5.69 Å². The minimum Gasteiger partial charge on any atom is -0.274 e. The van der Waals surface area contributed by atoms with Crippen LogP contribution in [0.15, 0.2) is 30.4 Å². The van der Waals surface area contributed by atoms with Gasteiger partial charge in [0.2, 0.25) is 11.8 Å². The van der Waals surface area contributed by atoms with Gasteiger partial charge in [0.15, 0.2) is 0 Å². The Morgan fingerprint density at radius 2 is 2.05 bits per heavy atom. The van der Waals surface area contributed by atoms with Crippen molar-refractivity contribution in [3.63, 3.8) is 0 Å². The molecule has 108 valence electrons. The first-order valence-corrected chi connectivity index (χ1v) is 7.65. The number of halogens is 1. The molecule has 4 atom stereocenters. The molecule has 0 aromatic heterocycles. The van der Waals surface area contributed by atoms with Gasteiger partial charge in [-0.05, 0) is 49.8 Å². The molecule has 2 fully saturated rings. The summed E-state index contributed by atoms with van der Waals surface area (Å²) in [4.78, 5) is 27.1. The summed E-state index contributed by atoms with van der Waals surface area (Å²) in [7, 11) is 0. The van der Waals surface area contributed by atoms with E-state index in [4.69, 9.17) is 11.6 Å². The van der Waals surface area contributed by atoms with Crippen LogP contribution in [0, 0.1) is 30.1 Å². The third-order valence-electron chi connectivity index (χ3n) is 5.53. The van der Waals surface area contributed by atoms with Gasteiger partial charge in [-0.15, -0.1) is 0 Å². The first-order valence-electron chi connectivity index (χ1n) is 7.27. The van der Waals surface area contributed by atoms with E-state index in [2.05, 4.69) is 12.2 Å². The fraction of sp³-hybridized carbons (Fsp3) is 0.412. The Morgan fingerprint density at radius 1 is 1.29 bits per heavy atom. The van der Waals surface area contributed by atoms with E-state index < -0.39 is 5.41 Å². The number of rotatable bonds is 1. The van der Waals surface area contributed by atoms with Crippen LogP contribution in [-0.4, -0.2) is 11.8 Å². The lowest BCUT2D eigenvalue weighted by Crippen LogP contribution is -2.37. The molecule has 4 heteroatoms. The number of amides is 2. The molecule has 0 radical (unpaired) electrons. The molecule has 1 aliphatic heterocycles. The second-order valence-corrected chi connectivity index (χ2v) is 6.97. The minimum atomic E-state index is -0.576. The van der Waals surface area contributed by atoms with Crippen LogP contribution in [0.3, 0.4) is 0 Å². The number of aryl methyl sites for hydroxylation is 1. The molecule has 1 saturated heterocycles. The smallest absolute Gasteiger partial charge is 0.241 e. The zero-order valence-corrected chi connectivity index (χ0v) is 12.7. The molecule has 1 aromatic rings. The lowest BCUT2D eigenvalue weighted by molar-refractivity contribution is -0.127. The van der Waals surface area contributed by atoms with Gasteiger partial charge >= 0.3 is 0 Å². The quantitative estimate of drug-likeness (QED) is 0.589. The van der Waals surface area contributed by atoms with Crippen molar-refractivity contribution in [2.75, 3.05) is 4.90 Å². The summed E-state index contributed by atoms with van der Waals surface area (Å²) in [6, 6.07) is 5.37. The SMILES string of the molecule is Cc1ccc(N2C(=O)[C@@H]3[C@H]4C=C[C@H](C4)[C@]3(C)C2=O)cc1Cl. The van der Waals surface area contributed by atoms with Gasteiger partial charge in [0.05, 0.1) is 17.0 Å². The highest BCUT2D eigenvalue weighted by Gasteiger charge is 2.67. The number of anilines is 1. The van der Waals surface area contributed by atoms with E-state index in [1.807, 2.05) is 19.9 Å². The normalized spacial score (nSPS) is 36.7. The topological polar surface area (TPSA) is 37.4 Å². The number of hydrogen-bond acceptors (Lipinski definition) is 2. The predicted octanol–water partition coefficient (Wildman–Crippen LogP) is 3.35. The molecule has 0 N–H and O–H groups in total. The molecule has 2 amide bonds. The maximum Gasteiger partial charge on any atom is 0.241 e. The van der Waals surface area contributed by atoms with E-state index in [-0.39, 0.29) is 29.6 Å². The summed E-state index contributed by atoms with van der Waals surface area (Å²) in [5.41, 5.74) is 0.955. The highest BCUT2D eigenvalue weighted by Crippen LogP contribution is 2.60. The Kier molecular flexibility index (Phi) is 2.48. The monoisotopic (exact) mass is 301 g/mol. The van der Waals surface area contributed by atoms with Gasteiger partial charge in [-0.3, -0.25) is 9.59 Å². The summed E-state index contributed by atoms with van der Waals surface area (Å²) in [5.74, 6) is 0.0471. The number of benzene rings is 1. The average molecular weight is 302 g/mol. The zero-order chi connectivity index (χ0) is 14.9. The van der Waals surface area contributed by atoms with Crippen LogP contribution < -0.4 is 4.90 Å². The van der Waals surface area contributed by atoms with Crippen molar-refractivity contribution < 1.29 is 9.59 Å². The summed E-state index contributed by atoms with van der Waals surface area (Å²) in [5, 5.41) is 0.580. The molecule has 1 aromatic carbocycles. The molecular weight excluding hydrogens is 286 g/mol. The number of carbonyl (C=O) groups is 2. The van der Waals surface area contributed by atoms with Crippen molar-refractivity contribution in [1.29, 1.82) is 0 Å². The van der Waals surface area contributed by atoms with Crippen LogP contribution in [0.25, 0.3) is 0 Å². The molecule has 21 heavy (non-hydrogen) atoms. The summed E-state index contributed by atoms with van der Waals surface area (Å²) in [6.07, 6.45) is 5.15. The van der Waals surface area contributed by atoms with Crippen LogP contribution in [0.1, 0.15) is 18.9 Å². The lowest BCUT2D eigenvalue weighted by Gasteiger charge is -2.28. The van der Waals surface area contributed by atoms with Crippen LogP contribution in [0.5, 0.6) is 0 Å². The van der Waals surface area contributed by atoms with Gasteiger partial charge in [0.1, 0.15) is 0 Å². The molecular formula is C17H16ClNO2. The molecule has 4 rings (SSSR count). The Bertz CT molecular complexity index is 711. The number of imide groups is 1. The molecule has 0 spiro atoms. The van der Waals surface area contributed by atoms with Crippen molar-refractivity contribution in [2.24, 2.45) is 23.2 Å². The van der Waals surface area contributed by atoms with Crippen molar-refractivity contribution >= 4 is 29.1 Å². The van der Waals surface area contributed by atoms with Gasteiger partial charge in [-0.2, -0.15) is 0 Å². The first-order chi connectivity index (χ1) is 9.94. The highest BCUT2D eigenvalue weighted by molar-refractivity contribution is 6.32. The van der Waals surface area contributed by atoms with E-state index in [9.17, 15) is 9.59 Å². The molecule has 2 bridgehead atoms. The molecule has 1 saturated carbocycles. The summed E-state index contributed by atoms with van der Waals surface area (Å²) >= 11 is 6.15. The van der Waals surface area contributed by atoms with Gasteiger partial charge < -0.3 is 0 Å². The molecule has 0 unspecified atom stereocenters. The standard InChI is InChI=1S/C17H16ClNO2/c1-9-3-6-12(8-13(9)18)19-15(20)14-10-4-5-11(7-10)17(14,2)16(19)21/h3-6,8,10-11,14H,7H2,1-2H3/t10-,11+,14-,17-/m0/s1. The number of carbonyl (C=O) groups excluding carboxylic acids is 2. The molecule has 1 heterocycles. The van der Waals surface area contributed by atoms with Crippen molar-refractivity contribution in [3.05, 3.63) is 40.9 Å². The summed E-state index contributed by atoms with van der Waals surface area (Å²) in [6.45, 7) is 3.85. The van der Waals surface area contributed by atoms with E-state index in [1.54, 1.807) is 12.1 Å². The average Bonchev–Trinajstić information content (AvgIpc) is 3.07. The first kappa shape index (κ1) is 13.1. The number of hydrogen-bond donors (Lipinski definition) is 0. The van der Waals surface area contributed by atoms with Gasteiger partial charge in [0.25, 0.3) is 0 Å². The molecule has 3 aliphatic rings. The second-order valence-electron chi connectivity index (χ2n) is 6.56. The largest absolute Gasteiger partial charge is 0.274 e. The third kappa shape index (κ3) is 1.45. The fourth-order valence-electron chi connectivity index (χ4n) is 4.27. The van der Waals surface area contributed by atoms with E-state index in [0.717, 1.165) is 12.0 Å². The van der Waals surface area contributed by atoms with Gasteiger partial charge in [-0.1, -0.05) is 29.8 Å². The second kappa shape index (κ2) is 3.98. The highest BCUT2D eigenvalue weighted by atomic mass is 35.5. The Morgan fingerprint density at radius 3 is 2.71 bits per heavy atom. The third-order valence-corrected chi connectivity index (χ3v) is 5.93. The van der Waals surface area contributed by atoms with E-state index in [0.29, 0.717) is 10.7 Å². The fourth-order valence-corrected chi connectivity index (χ4v) is 4.45. The maximum atomic E-state index is 12.9. The van der Waals surface area contributed by atoms with Crippen molar-refractivity contribution in [2.45, 2.75) is 20.3 Å². The minimum absolute atomic E-state index is 0.0701. The van der Waals surface area contributed by atoms with E-state index >= 15 is 0 Å². The Hall–Kier alpha value is -1.61. The van der Waals surface area contributed by atoms with Crippen molar-refractivity contribution in [1.82, 2.24) is 0 Å². The Labute approximate surface area is 128 Å². The number of nitrogens with zero attached hydrogens (tertiary/aromatic N) is 1. The van der Waals surface area contributed by atoms with Gasteiger partial charge in [0, 0.05) is 5.02 Å². The number of fused-ring (bicyclic) bond motifs is 5. The Balaban J connectivity index is 1.81. The molecule has 2 aliphatic carbocycles. The maximum absolute atomic E-state index is 12.9. The van der Waals surface area contributed by atoms with E-state index in [1.165, 1.54) is 4.90 Å². The van der Waals surface area contributed by atoms with Crippen molar-refractivity contribution in [3.8, 4) is 0 Å². The van der Waals surface area contributed by atoms with Gasteiger partial charge in [-0.25, -0.2) is 4.90 Å². The number of allylic oxidation sites excluding steroid dienone is 2. The predicted molar refractivity (Wildman–Crippen MR) is 81.0 cm³/mol. The van der Waals surface area contributed by atoms with Crippen LogP contribution in [0.2, 0.25) is 5.02 Å². The van der Waals surface area contributed by atoms with Crippen LogP contribution in [-0.2, 0) is 9.59 Å². The zero-order valence-electron chi connectivity index (χ0n) is 12.0.